The standard InChI is InChI=1S/C14H18ClN3O/c15-9-13(16)17-11-5-7-12(8-6-11)18-14(19)10-3-1-2-4-10/h5-8,10H,1-4,9H2,(H2,16,17)(H,18,19). The van der Waals surface area contributed by atoms with Gasteiger partial charge in [0.1, 0.15) is 5.84 Å². The number of rotatable bonds is 4. The lowest BCUT2D eigenvalue weighted by Crippen LogP contribution is -2.20. The second-order valence-electron chi connectivity index (χ2n) is 4.75. The van der Waals surface area contributed by atoms with Gasteiger partial charge in [0, 0.05) is 11.6 Å². The molecule has 1 aromatic rings. The van der Waals surface area contributed by atoms with Gasteiger partial charge in [0.25, 0.3) is 0 Å². The largest absolute Gasteiger partial charge is 0.386 e. The van der Waals surface area contributed by atoms with Crippen LogP contribution >= 0.6 is 11.6 Å². The molecule has 5 heteroatoms. The third-order valence-electron chi connectivity index (χ3n) is 3.27. The number of alkyl halides is 1. The minimum absolute atomic E-state index is 0.119. The maximum Gasteiger partial charge on any atom is 0.227 e. The molecule has 102 valence electrons. The third kappa shape index (κ3) is 3.96. The van der Waals surface area contributed by atoms with Gasteiger partial charge in [-0.1, -0.05) is 12.8 Å². The Morgan fingerprint density at radius 2 is 1.95 bits per heavy atom. The summed E-state index contributed by atoms with van der Waals surface area (Å²) < 4.78 is 0. The second-order valence-corrected chi connectivity index (χ2v) is 5.02. The van der Waals surface area contributed by atoms with E-state index in [1.165, 1.54) is 0 Å². The summed E-state index contributed by atoms with van der Waals surface area (Å²) in [4.78, 5) is 16.1. The lowest BCUT2D eigenvalue weighted by atomic mass is 10.1. The summed E-state index contributed by atoms with van der Waals surface area (Å²) in [6.45, 7) is 0. The molecule has 1 aromatic carbocycles. The zero-order chi connectivity index (χ0) is 13.7. The number of benzene rings is 1. The molecule has 3 N–H and O–H groups in total. The van der Waals surface area contributed by atoms with E-state index in [1.807, 2.05) is 24.3 Å². The highest BCUT2D eigenvalue weighted by molar-refractivity contribution is 6.28. The highest BCUT2D eigenvalue weighted by Crippen LogP contribution is 2.26. The van der Waals surface area contributed by atoms with E-state index in [2.05, 4.69) is 10.3 Å². The maximum atomic E-state index is 11.9. The van der Waals surface area contributed by atoms with Gasteiger partial charge in [0.05, 0.1) is 11.6 Å². The number of nitrogens with two attached hydrogens (primary N) is 1. The van der Waals surface area contributed by atoms with Gasteiger partial charge in [-0.2, -0.15) is 0 Å². The normalized spacial score (nSPS) is 16.6. The Bertz CT molecular complexity index is 464. The molecule has 0 bridgehead atoms. The molecule has 1 aliphatic carbocycles. The number of amidine groups is 1. The van der Waals surface area contributed by atoms with Gasteiger partial charge >= 0.3 is 0 Å². The van der Waals surface area contributed by atoms with Gasteiger partial charge in [-0.15, -0.1) is 11.6 Å². The predicted molar refractivity (Wildman–Crippen MR) is 79.0 cm³/mol. The Morgan fingerprint density at radius 3 is 2.53 bits per heavy atom. The lowest BCUT2D eigenvalue weighted by molar-refractivity contribution is -0.119. The van der Waals surface area contributed by atoms with Crippen LogP contribution in [0.5, 0.6) is 0 Å². The summed E-state index contributed by atoms with van der Waals surface area (Å²) in [5.74, 6) is 0.878. The van der Waals surface area contributed by atoms with E-state index in [-0.39, 0.29) is 17.7 Å². The first kappa shape index (κ1) is 13.9. The Balaban J connectivity index is 1.96. The van der Waals surface area contributed by atoms with Crippen molar-refractivity contribution in [2.45, 2.75) is 25.7 Å². The third-order valence-corrected chi connectivity index (χ3v) is 3.54. The van der Waals surface area contributed by atoms with Crippen molar-refractivity contribution in [2.75, 3.05) is 11.2 Å². The Kier molecular flexibility index (Phi) is 4.80. The zero-order valence-electron chi connectivity index (χ0n) is 10.7. The van der Waals surface area contributed by atoms with Gasteiger partial charge in [-0.05, 0) is 37.1 Å². The Hall–Kier alpha value is -1.55. The first-order valence-electron chi connectivity index (χ1n) is 6.49. The minimum Gasteiger partial charge on any atom is -0.386 e. The molecule has 1 fully saturated rings. The first-order chi connectivity index (χ1) is 9.19. The Labute approximate surface area is 118 Å². The number of hydrogen-bond acceptors (Lipinski definition) is 2. The number of anilines is 1. The molecule has 1 amide bonds. The summed E-state index contributed by atoms with van der Waals surface area (Å²) in [5.41, 5.74) is 7.08. The molecule has 1 aliphatic rings. The summed E-state index contributed by atoms with van der Waals surface area (Å²) in [7, 11) is 0. The van der Waals surface area contributed by atoms with E-state index in [0.29, 0.717) is 5.84 Å². The highest BCUT2D eigenvalue weighted by Gasteiger charge is 2.22. The van der Waals surface area contributed by atoms with E-state index in [4.69, 9.17) is 17.3 Å². The lowest BCUT2D eigenvalue weighted by Gasteiger charge is -2.10. The maximum absolute atomic E-state index is 11.9. The van der Waals surface area contributed by atoms with Crippen LogP contribution in [0, 0.1) is 5.92 Å². The molecule has 0 aromatic heterocycles. The molecule has 0 unspecified atom stereocenters. The summed E-state index contributed by atoms with van der Waals surface area (Å²) in [5, 5.41) is 2.93. The van der Waals surface area contributed by atoms with Gasteiger partial charge in [0.2, 0.25) is 5.91 Å². The fraction of sp³-hybridized carbons (Fsp3) is 0.429. The van der Waals surface area contributed by atoms with Crippen LogP contribution in [0.25, 0.3) is 0 Å². The molecule has 0 heterocycles. The van der Waals surface area contributed by atoms with E-state index >= 15 is 0 Å². The fourth-order valence-corrected chi connectivity index (χ4v) is 2.31. The van der Waals surface area contributed by atoms with Crippen LogP contribution in [0.15, 0.2) is 29.3 Å². The number of carbonyl (C=O) groups is 1. The van der Waals surface area contributed by atoms with Crippen LogP contribution in [-0.4, -0.2) is 17.6 Å². The number of nitrogens with one attached hydrogen (secondary N) is 1. The number of halogens is 1. The minimum atomic E-state index is 0.119. The molecule has 4 nitrogen and oxygen atoms in total. The van der Waals surface area contributed by atoms with Gasteiger partial charge in [-0.25, -0.2) is 4.99 Å². The molecule has 2 rings (SSSR count). The Morgan fingerprint density at radius 1 is 1.32 bits per heavy atom. The molecule has 0 saturated heterocycles. The quantitative estimate of drug-likeness (QED) is 0.505. The average molecular weight is 280 g/mol. The van der Waals surface area contributed by atoms with Crippen LogP contribution in [0.1, 0.15) is 25.7 Å². The molecule has 1 saturated carbocycles. The number of nitrogens with zero attached hydrogens (tertiary/aromatic N) is 1. The van der Waals surface area contributed by atoms with Crippen molar-refractivity contribution < 1.29 is 4.79 Å². The van der Waals surface area contributed by atoms with Crippen LogP contribution in [0.4, 0.5) is 11.4 Å². The van der Waals surface area contributed by atoms with Gasteiger partial charge < -0.3 is 11.1 Å². The number of hydrogen-bond donors (Lipinski definition) is 2. The van der Waals surface area contributed by atoms with Crippen LogP contribution in [-0.2, 0) is 4.79 Å². The summed E-state index contributed by atoms with van der Waals surface area (Å²) in [6.07, 6.45) is 4.31. The molecular formula is C14H18ClN3O. The first-order valence-corrected chi connectivity index (χ1v) is 7.02. The molecule has 0 spiro atoms. The summed E-state index contributed by atoms with van der Waals surface area (Å²) >= 11 is 5.56. The van der Waals surface area contributed by atoms with Crippen molar-refractivity contribution in [3.05, 3.63) is 24.3 Å². The average Bonchev–Trinajstić information content (AvgIpc) is 2.95. The monoisotopic (exact) mass is 279 g/mol. The van der Waals surface area contributed by atoms with E-state index in [9.17, 15) is 4.79 Å². The predicted octanol–water partition coefficient (Wildman–Crippen LogP) is 3.04. The number of amides is 1. The summed E-state index contributed by atoms with van der Waals surface area (Å²) in [6, 6.07) is 7.27. The molecule has 19 heavy (non-hydrogen) atoms. The van der Waals surface area contributed by atoms with Crippen molar-refractivity contribution >= 4 is 34.7 Å². The van der Waals surface area contributed by atoms with Crippen molar-refractivity contribution in [1.82, 2.24) is 0 Å². The topological polar surface area (TPSA) is 67.5 Å². The van der Waals surface area contributed by atoms with E-state index < -0.39 is 0 Å². The van der Waals surface area contributed by atoms with Crippen molar-refractivity contribution in [1.29, 1.82) is 0 Å². The van der Waals surface area contributed by atoms with Crippen molar-refractivity contribution in [3.8, 4) is 0 Å². The van der Waals surface area contributed by atoms with Crippen LogP contribution in [0.3, 0.4) is 0 Å². The van der Waals surface area contributed by atoms with E-state index in [0.717, 1.165) is 37.1 Å². The molecule has 0 atom stereocenters. The van der Waals surface area contributed by atoms with Crippen LogP contribution < -0.4 is 11.1 Å². The van der Waals surface area contributed by atoms with Crippen LogP contribution in [0.2, 0.25) is 0 Å². The second kappa shape index (κ2) is 6.57. The number of carbonyl (C=O) groups excluding carboxylic acids is 1. The molecule has 0 aliphatic heterocycles. The SMILES string of the molecule is NC(CCl)=Nc1ccc(NC(=O)C2CCCC2)cc1. The smallest absolute Gasteiger partial charge is 0.227 e. The zero-order valence-corrected chi connectivity index (χ0v) is 11.5. The van der Waals surface area contributed by atoms with Crippen molar-refractivity contribution in [2.24, 2.45) is 16.6 Å². The van der Waals surface area contributed by atoms with Gasteiger partial charge in [0.15, 0.2) is 0 Å². The van der Waals surface area contributed by atoms with Crippen molar-refractivity contribution in [3.63, 3.8) is 0 Å². The molecule has 0 radical (unpaired) electrons. The number of aliphatic imine (C=N–C) groups is 1. The van der Waals surface area contributed by atoms with Gasteiger partial charge in [-0.3, -0.25) is 4.79 Å². The highest BCUT2D eigenvalue weighted by atomic mass is 35.5. The fourth-order valence-electron chi connectivity index (χ4n) is 2.25. The molecular weight excluding hydrogens is 262 g/mol. The van der Waals surface area contributed by atoms with E-state index in [1.54, 1.807) is 0 Å².